The van der Waals surface area contributed by atoms with E-state index in [1.807, 2.05) is 12.1 Å². The van der Waals surface area contributed by atoms with E-state index >= 15 is 0 Å². The second kappa shape index (κ2) is 17.0. The van der Waals surface area contributed by atoms with E-state index in [2.05, 4.69) is 15.0 Å². The van der Waals surface area contributed by atoms with Crippen molar-refractivity contribution in [3.8, 4) is 0 Å². The summed E-state index contributed by atoms with van der Waals surface area (Å²) in [5, 5.41) is 6.24. The van der Waals surface area contributed by atoms with Crippen LogP contribution < -0.4 is 5.73 Å². The molecule has 2 fully saturated rings. The van der Waals surface area contributed by atoms with E-state index in [0.717, 1.165) is 63.8 Å². The minimum Gasteiger partial charge on any atom is -0.396 e. The first-order chi connectivity index (χ1) is 21.2. The first-order valence-corrected chi connectivity index (χ1v) is 16.7. The Labute approximate surface area is 280 Å². The molecule has 2 aromatic carbocycles. The molecule has 1 atom stereocenters. The average Bonchev–Trinajstić information content (AvgIpc) is 3.00. The molecule has 0 spiro atoms. The third-order valence-corrected chi connectivity index (χ3v) is 9.49. The summed E-state index contributed by atoms with van der Waals surface area (Å²) in [7, 11) is 1.71. The molecular weight excluding hydrogens is 644 g/mol. The maximum atomic E-state index is 13.4. The number of hydrogen-bond donors (Lipinski definition) is 1. The van der Waals surface area contributed by atoms with Crippen molar-refractivity contribution in [2.75, 3.05) is 52.9 Å². The zero-order valence-corrected chi connectivity index (χ0v) is 28.1. The SMILES string of the molecule is CN(C/C(=N\OCCCN)C(CCN1CCC(N2CCCCC2=O)CC1)c1ccc(Cl)c(Cl)c1)C(=O)c1cc(Cl)cc(Cl)c1. The monoisotopic (exact) mass is 683 g/mol. The van der Waals surface area contributed by atoms with Crippen molar-refractivity contribution >= 4 is 63.9 Å². The molecule has 0 radical (unpaired) electrons. The van der Waals surface area contributed by atoms with Crippen molar-refractivity contribution in [1.82, 2.24) is 14.7 Å². The molecule has 240 valence electrons. The van der Waals surface area contributed by atoms with Crippen molar-refractivity contribution in [2.45, 2.75) is 56.9 Å². The Hall–Kier alpha value is -2.07. The normalized spacial score (nSPS) is 17.5. The minimum absolute atomic E-state index is 0.204. The molecule has 0 aromatic heterocycles. The van der Waals surface area contributed by atoms with Crippen LogP contribution in [0.3, 0.4) is 0 Å². The molecule has 44 heavy (non-hydrogen) atoms. The van der Waals surface area contributed by atoms with Crippen LogP contribution in [0.5, 0.6) is 0 Å². The smallest absolute Gasteiger partial charge is 0.254 e. The second-order valence-corrected chi connectivity index (χ2v) is 13.2. The van der Waals surface area contributed by atoms with Crippen LogP contribution in [0.1, 0.15) is 66.8 Å². The predicted molar refractivity (Wildman–Crippen MR) is 179 cm³/mol. The molecule has 2 aromatic rings. The second-order valence-electron chi connectivity index (χ2n) is 11.5. The quantitative estimate of drug-likeness (QED) is 0.143. The van der Waals surface area contributed by atoms with Crippen molar-refractivity contribution in [1.29, 1.82) is 0 Å². The van der Waals surface area contributed by atoms with Gasteiger partial charge in [0.05, 0.1) is 22.3 Å². The highest BCUT2D eigenvalue weighted by Gasteiger charge is 2.30. The molecule has 2 N–H and O–H groups in total. The van der Waals surface area contributed by atoms with Gasteiger partial charge in [-0.05, 0) is 87.5 Å². The summed E-state index contributed by atoms with van der Waals surface area (Å²) < 4.78 is 0. The van der Waals surface area contributed by atoms with Gasteiger partial charge in [-0.3, -0.25) is 9.59 Å². The maximum absolute atomic E-state index is 13.4. The lowest BCUT2D eigenvalue weighted by Crippen LogP contribution is -2.49. The number of nitrogens with two attached hydrogens (primary N) is 1. The van der Waals surface area contributed by atoms with Crippen LogP contribution in [0.4, 0.5) is 0 Å². The Morgan fingerprint density at radius 2 is 1.77 bits per heavy atom. The van der Waals surface area contributed by atoms with Crippen molar-refractivity contribution in [3.63, 3.8) is 0 Å². The number of amides is 2. The van der Waals surface area contributed by atoms with Gasteiger partial charge >= 0.3 is 0 Å². The number of carbonyl (C=O) groups excluding carboxylic acids is 2. The maximum Gasteiger partial charge on any atom is 0.254 e. The number of piperidine rings is 2. The van der Waals surface area contributed by atoms with Crippen molar-refractivity contribution in [3.05, 3.63) is 67.6 Å². The fourth-order valence-corrected chi connectivity index (χ4v) is 6.76. The summed E-state index contributed by atoms with van der Waals surface area (Å²) in [6, 6.07) is 10.7. The van der Waals surface area contributed by atoms with Gasteiger partial charge in [0, 0.05) is 60.7 Å². The van der Waals surface area contributed by atoms with E-state index in [1.54, 1.807) is 36.2 Å². The molecule has 0 saturated carbocycles. The highest BCUT2D eigenvalue weighted by atomic mass is 35.5. The third kappa shape index (κ3) is 9.71. The summed E-state index contributed by atoms with van der Waals surface area (Å²) >= 11 is 25.1. The number of halogens is 4. The predicted octanol–water partition coefficient (Wildman–Crippen LogP) is 6.74. The summed E-state index contributed by atoms with van der Waals surface area (Å²) in [4.78, 5) is 37.7. The van der Waals surface area contributed by atoms with E-state index in [0.29, 0.717) is 69.3 Å². The topological polar surface area (TPSA) is 91.5 Å². The molecule has 2 saturated heterocycles. The number of likely N-dealkylation sites (tertiary alicyclic amines) is 2. The van der Waals surface area contributed by atoms with Gasteiger partial charge in [-0.1, -0.05) is 57.6 Å². The fraction of sp³-hybridized carbons (Fsp3) is 0.531. The third-order valence-electron chi connectivity index (χ3n) is 8.32. The highest BCUT2D eigenvalue weighted by Crippen LogP contribution is 2.31. The Bertz CT molecular complexity index is 1300. The molecule has 12 heteroatoms. The minimum atomic E-state index is -0.244. The zero-order chi connectivity index (χ0) is 31.6. The molecule has 4 rings (SSSR count). The van der Waals surface area contributed by atoms with E-state index in [4.69, 9.17) is 57.0 Å². The van der Waals surface area contributed by atoms with Gasteiger partial charge in [-0.2, -0.15) is 0 Å². The number of benzene rings is 2. The molecule has 2 heterocycles. The zero-order valence-electron chi connectivity index (χ0n) is 25.1. The summed E-state index contributed by atoms with van der Waals surface area (Å²) in [6.45, 7) is 4.54. The highest BCUT2D eigenvalue weighted by molar-refractivity contribution is 6.42. The van der Waals surface area contributed by atoms with E-state index in [1.165, 1.54) is 0 Å². The molecule has 2 amide bonds. The van der Waals surface area contributed by atoms with E-state index in [-0.39, 0.29) is 18.4 Å². The van der Waals surface area contributed by atoms with Crippen molar-refractivity contribution < 1.29 is 14.4 Å². The van der Waals surface area contributed by atoms with Crippen LogP contribution >= 0.6 is 46.4 Å². The molecule has 8 nitrogen and oxygen atoms in total. The van der Waals surface area contributed by atoms with Gasteiger partial charge < -0.3 is 25.3 Å². The Kier molecular flexibility index (Phi) is 13.5. The van der Waals surface area contributed by atoms with Crippen LogP contribution in [0.25, 0.3) is 0 Å². The first-order valence-electron chi connectivity index (χ1n) is 15.2. The molecule has 2 aliphatic heterocycles. The molecule has 2 aliphatic rings. The lowest BCUT2D eigenvalue weighted by atomic mass is 9.89. The van der Waals surface area contributed by atoms with Gasteiger partial charge in [-0.15, -0.1) is 0 Å². The summed E-state index contributed by atoms with van der Waals surface area (Å²) in [5.74, 6) is -0.155. The van der Waals surface area contributed by atoms with Crippen LogP contribution in [-0.4, -0.2) is 91.2 Å². The lowest BCUT2D eigenvalue weighted by Gasteiger charge is -2.40. The van der Waals surface area contributed by atoms with Gasteiger partial charge in [0.15, 0.2) is 0 Å². The number of oxime groups is 1. The average molecular weight is 686 g/mol. The van der Waals surface area contributed by atoms with Crippen LogP contribution in [-0.2, 0) is 9.63 Å². The van der Waals surface area contributed by atoms with Gasteiger partial charge in [0.25, 0.3) is 5.91 Å². The Morgan fingerprint density at radius 3 is 2.43 bits per heavy atom. The van der Waals surface area contributed by atoms with E-state index < -0.39 is 0 Å². The van der Waals surface area contributed by atoms with E-state index in [9.17, 15) is 9.59 Å². The molecule has 0 bridgehead atoms. The molecule has 0 aliphatic carbocycles. The summed E-state index contributed by atoms with van der Waals surface area (Å²) in [6.07, 6.45) is 6.06. The van der Waals surface area contributed by atoms with Crippen LogP contribution in [0.2, 0.25) is 20.1 Å². The van der Waals surface area contributed by atoms with Gasteiger partial charge in [-0.25, -0.2) is 0 Å². The van der Waals surface area contributed by atoms with Gasteiger partial charge in [0.1, 0.15) is 6.61 Å². The standard InChI is InChI=1S/C32H41Cl4N5O3/c1-39(32(43)23-17-24(33)20-25(34)18-23)21-30(38-44-16-4-11-37)27(22-6-7-28(35)29(36)19-22)10-15-40-13-8-26(9-14-40)41-12-3-2-5-31(41)42/h6-7,17-20,26-27H,2-5,8-16,21,37H2,1H3/b38-30+. The van der Waals surface area contributed by atoms with Gasteiger partial charge in [0.2, 0.25) is 5.91 Å². The fourth-order valence-electron chi connectivity index (χ4n) is 5.93. The number of hydrogen-bond acceptors (Lipinski definition) is 6. The van der Waals surface area contributed by atoms with Crippen LogP contribution in [0.15, 0.2) is 41.6 Å². The van der Waals surface area contributed by atoms with Crippen LogP contribution in [0, 0.1) is 0 Å². The Balaban J connectivity index is 1.53. The lowest BCUT2D eigenvalue weighted by molar-refractivity contribution is -0.136. The number of nitrogens with zero attached hydrogens (tertiary/aromatic N) is 4. The summed E-state index contributed by atoms with van der Waals surface area (Å²) in [5.41, 5.74) is 7.67. The largest absolute Gasteiger partial charge is 0.396 e. The first kappa shape index (κ1) is 34.8. The molecule has 1 unspecified atom stereocenters. The Morgan fingerprint density at radius 1 is 1.05 bits per heavy atom. The number of rotatable bonds is 13. The number of carbonyl (C=O) groups is 2. The van der Waals surface area contributed by atoms with Crippen molar-refractivity contribution in [2.24, 2.45) is 10.9 Å². The molecular formula is C32H41Cl4N5O3.